The molecule has 0 unspecified atom stereocenters. The highest BCUT2D eigenvalue weighted by Crippen LogP contribution is 2.36. The van der Waals surface area contributed by atoms with Gasteiger partial charge in [0.1, 0.15) is 11.5 Å². The van der Waals surface area contributed by atoms with E-state index in [2.05, 4.69) is 15.5 Å². The Balaban J connectivity index is 1.12. The second-order valence-electron chi connectivity index (χ2n) is 12.8. The predicted octanol–water partition coefficient (Wildman–Crippen LogP) is 3.03. The number of anilines is 1. The lowest BCUT2D eigenvalue weighted by atomic mass is 9.96. The first-order chi connectivity index (χ1) is 21.9. The number of rotatable bonds is 6. The van der Waals surface area contributed by atoms with Gasteiger partial charge in [0.25, 0.3) is 11.5 Å². The molecule has 10 nitrogen and oxygen atoms in total. The van der Waals surface area contributed by atoms with Gasteiger partial charge in [-0.1, -0.05) is 0 Å². The van der Waals surface area contributed by atoms with Crippen LogP contribution in [-0.4, -0.2) is 67.2 Å². The number of amides is 1. The fraction of sp³-hybridized carbons (Fsp3) is 0.441. The van der Waals surface area contributed by atoms with Gasteiger partial charge in [0.2, 0.25) is 0 Å². The van der Waals surface area contributed by atoms with Crippen molar-refractivity contribution in [3.63, 3.8) is 0 Å². The highest BCUT2D eigenvalue weighted by Gasteiger charge is 2.33. The van der Waals surface area contributed by atoms with Crippen molar-refractivity contribution >= 4 is 11.6 Å². The zero-order valence-corrected chi connectivity index (χ0v) is 25.5. The molecule has 0 saturated carbocycles. The van der Waals surface area contributed by atoms with Crippen molar-refractivity contribution in [1.82, 2.24) is 23.8 Å². The van der Waals surface area contributed by atoms with Crippen molar-refractivity contribution in [3.05, 3.63) is 92.2 Å². The highest BCUT2D eigenvalue weighted by molar-refractivity contribution is 6.07. The normalized spacial score (nSPS) is 18.5. The SMILES string of the molecule is Cn1cc(-c2cc(F)cc(N3CCn4c(cc5c4CCCC5)C3=O)c2CO)cc(Cc2cc3n(n2)CCN(C2COC2)C3)c1=O. The first-order valence-corrected chi connectivity index (χ1v) is 15.9. The van der Waals surface area contributed by atoms with Crippen molar-refractivity contribution in [2.45, 2.75) is 64.4 Å². The van der Waals surface area contributed by atoms with E-state index in [4.69, 9.17) is 9.84 Å². The number of benzene rings is 1. The molecule has 0 spiro atoms. The van der Waals surface area contributed by atoms with E-state index in [9.17, 15) is 14.7 Å². The summed E-state index contributed by atoms with van der Waals surface area (Å²) in [6.07, 6.45) is 6.18. The minimum Gasteiger partial charge on any atom is -0.392 e. The first-order valence-electron chi connectivity index (χ1n) is 15.9. The molecule has 0 bridgehead atoms. The van der Waals surface area contributed by atoms with Crippen molar-refractivity contribution in [2.75, 3.05) is 31.2 Å². The van der Waals surface area contributed by atoms with E-state index in [0.29, 0.717) is 59.2 Å². The summed E-state index contributed by atoms with van der Waals surface area (Å²) < 4.78 is 26.4. The molecule has 1 aliphatic carbocycles. The van der Waals surface area contributed by atoms with Crippen LogP contribution in [0.5, 0.6) is 0 Å². The first kappa shape index (κ1) is 28.4. The topological polar surface area (TPSA) is 97.8 Å². The van der Waals surface area contributed by atoms with Crippen LogP contribution in [0.15, 0.2) is 41.3 Å². The van der Waals surface area contributed by atoms with Crippen molar-refractivity contribution in [1.29, 1.82) is 0 Å². The zero-order valence-electron chi connectivity index (χ0n) is 25.5. The number of aromatic nitrogens is 4. The van der Waals surface area contributed by atoms with Crippen LogP contribution in [-0.2, 0) is 57.3 Å². The molecule has 3 aromatic heterocycles. The van der Waals surface area contributed by atoms with Gasteiger partial charge in [-0.3, -0.25) is 19.2 Å². The molecule has 1 N–H and O–H groups in total. The van der Waals surface area contributed by atoms with E-state index in [1.165, 1.54) is 28.0 Å². The molecule has 6 heterocycles. The maximum atomic E-state index is 15.4. The summed E-state index contributed by atoms with van der Waals surface area (Å²) in [5.41, 5.74) is 7.27. The fourth-order valence-electron chi connectivity index (χ4n) is 7.58. The van der Waals surface area contributed by atoms with E-state index in [1.807, 2.05) is 10.7 Å². The second kappa shape index (κ2) is 11.1. The molecule has 1 fully saturated rings. The number of aliphatic hydroxyl groups excluding tert-OH is 1. The van der Waals surface area contributed by atoms with Gasteiger partial charge in [-0.15, -0.1) is 0 Å². The van der Waals surface area contributed by atoms with Crippen LogP contribution >= 0.6 is 0 Å². The standard InChI is InChI=1S/C34H37FN6O4/c1-37-16-23(10-22(33(37)43)11-25-15-26-17-38(27-19-45-20-27)6-9-41(26)36-25)28-13-24(35)14-31(29(28)18-42)40-8-7-39-30-5-3-2-4-21(30)12-32(39)34(40)44/h10,12-16,27,42H,2-9,11,17-20H2,1H3. The number of hydrogen-bond donors (Lipinski definition) is 1. The molecule has 0 atom stereocenters. The Morgan fingerprint density at radius 1 is 1.02 bits per heavy atom. The van der Waals surface area contributed by atoms with Crippen molar-refractivity contribution in [2.24, 2.45) is 7.05 Å². The van der Waals surface area contributed by atoms with Gasteiger partial charge in [-0.2, -0.15) is 5.10 Å². The molecule has 11 heteroatoms. The Labute approximate surface area is 260 Å². The molecule has 8 rings (SSSR count). The van der Waals surface area contributed by atoms with E-state index < -0.39 is 5.82 Å². The molecular weight excluding hydrogens is 575 g/mol. The van der Waals surface area contributed by atoms with Crippen LogP contribution in [0.2, 0.25) is 0 Å². The number of aryl methyl sites for hydroxylation is 2. The van der Waals surface area contributed by atoms with E-state index >= 15 is 4.39 Å². The van der Waals surface area contributed by atoms with Crippen LogP contribution in [0.1, 0.15) is 57.1 Å². The third-order valence-electron chi connectivity index (χ3n) is 10.0. The molecule has 0 radical (unpaired) electrons. The van der Waals surface area contributed by atoms with E-state index in [0.717, 1.165) is 69.9 Å². The average Bonchev–Trinajstić information content (AvgIpc) is 3.59. The number of aliphatic hydroxyl groups is 1. The molecule has 1 saturated heterocycles. The molecular formula is C34H37FN6O4. The minimum absolute atomic E-state index is 0.156. The largest absolute Gasteiger partial charge is 0.392 e. The van der Waals surface area contributed by atoms with Crippen LogP contribution in [0.25, 0.3) is 11.1 Å². The lowest BCUT2D eigenvalue weighted by molar-refractivity contribution is -0.0735. The predicted molar refractivity (Wildman–Crippen MR) is 166 cm³/mol. The summed E-state index contributed by atoms with van der Waals surface area (Å²) in [5.74, 6) is -0.695. The van der Waals surface area contributed by atoms with Gasteiger partial charge >= 0.3 is 0 Å². The molecule has 4 aliphatic rings. The summed E-state index contributed by atoms with van der Waals surface area (Å²) >= 11 is 0. The number of nitrogens with zero attached hydrogens (tertiary/aromatic N) is 6. The Bertz CT molecular complexity index is 1890. The number of fused-ring (bicyclic) bond motifs is 4. The van der Waals surface area contributed by atoms with Crippen LogP contribution in [0.3, 0.4) is 0 Å². The lowest BCUT2D eigenvalue weighted by Gasteiger charge is -2.39. The van der Waals surface area contributed by atoms with Gasteiger partial charge in [-0.05, 0) is 72.7 Å². The van der Waals surface area contributed by atoms with E-state index in [-0.39, 0.29) is 18.1 Å². The Morgan fingerprint density at radius 2 is 1.87 bits per heavy atom. The average molecular weight is 613 g/mol. The summed E-state index contributed by atoms with van der Waals surface area (Å²) in [6.45, 7) is 4.66. The van der Waals surface area contributed by atoms with Crippen LogP contribution in [0, 0.1) is 5.82 Å². The van der Waals surface area contributed by atoms with Crippen molar-refractivity contribution in [3.8, 4) is 11.1 Å². The second-order valence-corrected chi connectivity index (χ2v) is 12.8. The maximum Gasteiger partial charge on any atom is 0.274 e. The van der Waals surface area contributed by atoms with Gasteiger partial charge in [0.15, 0.2) is 0 Å². The molecule has 45 heavy (non-hydrogen) atoms. The number of hydrogen-bond acceptors (Lipinski definition) is 6. The van der Waals surface area contributed by atoms with Gasteiger partial charge in [0.05, 0.1) is 49.5 Å². The third kappa shape index (κ3) is 4.84. The van der Waals surface area contributed by atoms with E-state index in [1.54, 1.807) is 24.2 Å². The highest BCUT2D eigenvalue weighted by atomic mass is 19.1. The van der Waals surface area contributed by atoms with Gasteiger partial charge < -0.3 is 23.9 Å². The molecule has 234 valence electrons. The number of carbonyl (C=O) groups excluding carboxylic acids is 1. The summed E-state index contributed by atoms with van der Waals surface area (Å²) in [4.78, 5) is 31.1. The summed E-state index contributed by atoms with van der Waals surface area (Å²) in [5, 5.41) is 15.4. The van der Waals surface area contributed by atoms with Crippen LogP contribution in [0.4, 0.5) is 10.1 Å². The zero-order chi connectivity index (χ0) is 30.8. The monoisotopic (exact) mass is 612 g/mol. The molecule has 3 aliphatic heterocycles. The van der Waals surface area contributed by atoms with Gasteiger partial charge in [-0.25, -0.2) is 4.39 Å². The lowest BCUT2D eigenvalue weighted by Crippen LogP contribution is -2.51. The van der Waals surface area contributed by atoms with Gasteiger partial charge in [0, 0.05) is 62.7 Å². The molecule has 4 aromatic rings. The smallest absolute Gasteiger partial charge is 0.274 e. The number of carbonyl (C=O) groups is 1. The Hall–Kier alpha value is -4.06. The summed E-state index contributed by atoms with van der Waals surface area (Å²) in [7, 11) is 1.68. The Kier molecular flexibility index (Phi) is 7.00. The number of halogens is 1. The molecule has 1 aromatic carbocycles. The quantitative estimate of drug-likeness (QED) is 0.360. The van der Waals surface area contributed by atoms with Crippen molar-refractivity contribution < 1.29 is 19.0 Å². The summed E-state index contributed by atoms with van der Waals surface area (Å²) in [6, 6.07) is 8.99. The number of ether oxygens (including phenoxy) is 1. The van der Waals surface area contributed by atoms with Crippen LogP contribution < -0.4 is 10.5 Å². The minimum atomic E-state index is -0.510. The number of pyridine rings is 1. The molecule has 1 amide bonds. The third-order valence-corrected chi connectivity index (χ3v) is 10.0. The fourth-order valence-corrected chi connectivity index (χ4v) is 7.58. The Morgan fingerprint density at radius 3 is 2.67 bits per heavy atom. The maximum absolute atomic E-state index is 15.4.